The summed E-state index contributed by atoms with van der Waals surface area (Å²) < 4.78 is 61.2. The topological polar surface area (TPSA) is 97.7 Å². The van der Waals surface area contributed by atoms with Crippen molar-refractivity contribution in [2.45, 2.75) is 62.8 Å². The summed E-state index contributed by atoms with van der Waals surface area (Å²) in [5.41, 5.74) is -2.71. The maximum Gasteiger partial charge on any atom is 0.415 e. The van der Waals surface area contributed by atoms with Gasteiger partial charge in [-0.1, -0.05) is 0 Å². The van der Waals surface area contributed by atoms with Crippen molar-refractivity contribution in [1.29, 1.82) is 5.26 Å². The second-order valence-electron chi connectivity index (χ2n) is 9.61. The van der Waals surface area contributed by atoms with Crippen molar-refractivity contribution < 1.29 is 31.9 Å². The lowest BCUT2D eigenvalue weighted by molar-refractivity contribution is -0.136. The van der Waals surface area contributed by atoms with E-state index in [0.717, 1.165) is 6.07 Å². The zero-order valence-electron chi connectivity index (χ0n) is 20.8. The molecule has 2 aliphatic heterocycles. The number of nitrogens with zero attached hydrogens (tertiary/aromatic N) is 3. The van der Waals surface area contributed by atoms with Crippen LogP contribution in [0.5, 0.6) is 0 Å². The number of ether oxygens (including phenoxy) is 1. The lowest BCUT2D eigenvalue weighted by Crippen LogP contribution is -2.57. The third-order valence-electron chi connectivity index (χ3n) is 7.34. The summed E-state index contributed by atoms with van der Waals surface area (Å²) in [7, 11) is 1.53. The summed E-state index contributed by atoms with van der Waals surface area (Å²) in [6.45, 7) is 2.32. The summed E-state index contributed by atoms with van der Waals surface area (Å²) in [4.78, 5) is 28.8. The van der Waals surface area contributed by atoms with E-state index >= 15 is 4.39 Å². The Hall–Kier alpha value is -3.24. The van der Waals surface area contributed by atoms with Gasteiger partial charge in [-0.05, 0) is 63.0 Å². The Morgan fingerprint density at radius 3 is 2.63 bits per heavy atom. The van der Waals surface area contributed by atoms with Gasteiger partial charge in [-0.3, -0.25) is 14.5 Å². The van der Waals surface area contributed by atoms with Crippen molar-refractivity contribution in [1.82, 2.24) is 15.5 Å². The first-order valence-electron chi connectivity index (χ1n) is 12.2. The molecule has 0 aromatic heterocycles. The molecule has 1 saturated carbocycles. The number of nitriles is 1. The molecule has 2 fully saturated rings. The molecule has 38 heavy (non-hydrogen) atoms. The second kappa shape index (κ2) is 10.5. The molecule has 2 heterocycles. The number of thiocarbonyl (C=S) groups is 1. The SMILES string of the molecule is COCCCNC(=O)c1ccc(N2C(=S)N(C3CC(C(F)(F)F)=C(C#N)NC3C)C(=O)C23CCC3)cc1F. The van der Waals surface area contributed by atoms with Crippen molar-refractivity contribution in [3.05, 3.63) is 40.8 Å². The van der Waals surface area contributed by atoms with Crippen LogP contribution in [0.25, 0.3) is 0 Å². The lowest BCUT2D eigenvalue weighted by atomic mass is 9.75. The fourth-order valence-corrected chi connectivity index (χ4v) is 5.71. The summed E-state index contributed by atoms with van der Waals surface area (Å²) in [5, 5.41) is 14.4. The average Bonchev–Trinajstić information content (AvgIpc) is 3.07. The number of anilines is 1. The number of halogens is 4. The Morgan fingerprint density at radius 1 is 1.37 bits per heavy atom. The monoisotopic (exact) mass is 553 g/mol. The first kappa shape index (κ1) is 27.8. The van der Waals surface area contributed by atoms with Crippen molar-refractivity contribution in [2.24, 2.45) is 0 Å². The van der Waals surface area contributed by atoms with Crippen LogP contribution in [0.15, 0.2) is 29.5 Å². The number of carbonyl (C=O) groups is 2. The highest BCUT2D eigenvalue weighted by molar-refractivity contribution is 7.80. The van der Waals surface area contributed by atoms with Crippen LogP contribution in [0.2, 0.25) is 0 Å². The van der Waals surface area contributed by atoms with E-state index in [2.05, 4.69) is 10.6 Å². The average molecular weight is 554 g/mol. The smallest absolute Gasteiger partial charge is 0.385 e. The number of carbonyl (C=O) groups excluding carboxylic acids is 2. The van der Waals surface area contributed by atoms with Crippen LogP contribution in [-0.4, -0.2) is 65.9 Å². The van der Waals surface area contributed by atoms with Crippen molar-refractivity contribution in [3.63, 3.8) is 0 Å². The van der Waals surface area contributed by atoms with Gasteiger partial charge in [-0.25, -0.2) is 4.39 Å². The molecule has 8 nitrogen and oxygen atoms in total. The molecule has 1 aliphatic carbocycles. The highest BCUT2D eigenvalue weighted by Gasteiger charge is 2.61. The predicted octanol–water partition coefficient (Wildman–Crippen LogP) is 3.54. The fraction of sp³-hybridized carbons (Fsp3) is 0.520. The number of nitrogens with one attached hydrogen (secondary N) is 2. The first-order valence-corrected chi connectivity index (χ1v) is 12.6. The van der Waals surface area contributed by atoms with Crippen molar-refractivity contribution >= 4 is 34.8 Å². The van der Waals surface area contributed by atoms with Crippen LogP contribution in [0.1, 0.15) is 49.4 Å². The number of hydrogen-bond acceptors (Lipinski definition) is 6. The van der Waals surface area contributed by atoms with Gasteiger partial charge in [0.25, 0.3) is 11.8 Å². The minimum absolute atomic E-state index is 0.0357. The number of amides is 2. The number of hydrogen-bond donors (Lipinski definition) is 2. The number of alkyl halides is 3. The Kier molecular flexibility index (Phi) is 7.67. The first-order chi connectivity index (χ1) is 18.0. The molecule has 2 atom stereocenters. The number of methoxy groups -OCH3 is 1. The van der Waals surface area contributed by atoms with E-state index in [1.165, 1.54) is 29.0 Å². The third-order valence-corrected chi connectivity index (χ3v) is 7.72. The maximum absolute atomic E-state index is 15.1. The molecule has 2 N–H and O–H groups in total. The molecule has 1 aromatic carbocycles. The molecule has 13 heteroatoms. The van der Waals surface area contributed by atoms with Gasteiger partial charge in [0.2, 0.25) is 0 Å². The molecular weight excluding hydrogens is 526 g/mol. The summed E-state index contributed by atoms with van der Waals surface area (Å²) in [5.74, 6) is -1.87. The van der Waals surface area contributed by atoms with Crippen molar-refractivity contribution in [3.8, 4) is 6.07 Å². The van der Waals surface area contributed by atoms with E-state index in [-0.39, 0.29) is 16.4 Å². The van der Waals surface area contributed by atoms with Gasteiger partial charge < -0.3 is 20.3 Å². The number of benzene rings is 1. The normalized spacial score (nSPS) is 22.9. The predicted molar refractivity (Wildman–Crippen MR) is 133 cm³/mol. The van der Waals surface area contributed by atoms with E-state index < -0.39 is 59.1 Å². The zero-order chi connectivity index (χ0) is 27.8. The molecule has 2 amide bonds. The largest absolute Gasteiger partial charge is 0.415 e. The maximum atomic E-state index is 15.1. The molecule has 1 saturated heterocycles. The number of rotatable bonds is 7. The Morgan fingerprint density at radius 2 is 2.08 bits per heavy atom. The summed E-state index contributed by atoms with van der Waals surface area (Å²) in [6.07, 6.45) is -3.34. The fourth-order valence-electron chi connectivity index (χ4n) is 5.21. The van der Waals surface area contributed by atoms with Crippen LogP contribution in [0, 0.1) is 17.1 Å². The molecule has 3 aliphatic rings. The van der Waals surface area contributed by atoms with E-state index in [1.807, 2.05) is 0 Å². The molecule has 1 aromatic rings. The third kappa shape index (κ3) is 4.71. The number of allylic oxidation sites excluding steroid dienone is 1. The molecule has 4 rings (SSSR count). The molecule has 0 radical (unpaired) electrons. The van der Waals surface area contributed by atoms with Gasteiger partial charge in [0, 0.05) is 38.4 Å². The lowest BCUT2D eigenvalue weighted by Gasteiger charge is -2.43. The van der Waals surface area contributed by atoms with Gasteiger partial charge in [-0.2, -0.15) is 18.4 Å². The van der Waals surface area contributed by atoms with Crippen LogP contribution < -0.4 is 15.5 Å². The second-order valence-corrected chi connectivity index (χ2v) is 9.98. The Labute approximate surface area is 222 Å². The minimum Gasteiger partial charge on any atom is -0.385 e. The molecule has 204 valence electrons. The van der Waals surface area contributed by atoms with E-state index in [9.17, 15) is 28.0 Å². The van der Waals surface area contributed by atoms with Crippen LogP contribution in [0.3, 0.4) is 0 Å². The van der Waals surface area contributed by atoms with Gasteiger partial charge in [0.1, 0.15) is 23.1 Å². The Bertz CT molecular complexity index is 1220. The quantitative estimate of drug-likeness (QED) is 0.303. The highest BCUT2D eigenvalue weighted by Crippen LogP contribution is 2.48. The Balaban J connectivity index is 1.63. The molecular formula is C25H27F4N5O3S. The van der Waals surface area contributed by atoms with Gasteiger partial charge in [0.15, 0.2) is 5.11 Å². The molecule has 2 unspecified atom stereocenters. The van der Waals surface area contributed by atoms with Crippen LogP contribution in [-0.2, 0) is 9.53 Å². The summed E-state index contributed by atoms with van der Waals surface area (Å²) in [6, 6.07) is 3.75. The van der Waals surface area contributed by atoms with Crippen LogP contribution >= 0.6 is 12.2 Å². The minimum atomic E-state index is -4.77. The van der Waals surface area contributed by atoms with E-state index in [1.54, 1.807) is 13.0 Å². The molecule has 1 spiro atoms. The zero-order valence-corrected chi connectivity index (χ0v) is 21.6. The van der Waals surface area contributed by atoms with Gasteiger partial charge in [0.05, 0.1) is 17.2 Å². The van der Waals surface area contributed by atoms with Crippen molar-refractivity contribution in [2.75, 3.05) is 25.2 Å². The van der Waals surface area contributed by atoms with E-state index in [4.69, 9.17) is 17.0 Å². The standard InChI is InChI=1S/C25H27F4N5O3S/c1-14-20(12-17(25(27,28)29)19(13-30)32-14)33-22(36)24(7-3-8-24)34(23(33)38)15-5-6-16(18(26)11-15)21(35)31-9-4-10-37-2/h5-6,11,14,20,32H,3-4,7-10,12H2,1-2H3,(H,31,35). The van der Waals surface area contributed by atoms with Crippen LogP contribution in [0.4, 0.5) is 23.2 Å². The van der Waals surface area contributed by atoms with E-state index in [0.29, 0.717) is 38.8 Å². The van der Waals surface area contributed by atoms with Gasteiger partial charge in [-0.15, -0.1) is 0 Å². The highest BCUT2D eigenvalue weighted by atomic mass is 32.1. The van der Waals surface area contributed by atoms with Gasteiger partial charge >= 0.3 is 6.18 Å². The molecule has 0 bridgehead atoms. The summed E-state index contributed by atoms with van der Waals surface area (Å²) >= 11 is 5.63.